The molecule has 2 saturated carbocycles. The molecule has 0 bridgehead atoms. The van der Waals surface area contributed by atoms with Crippen molar-refractivity contribution >= 4 is 11.9 Å². The van der Waals surface area contributed by atoms with Crippen molar-refractivity contribution in [1.29, 1.82) is 0 Å². The van der Waals surface area contributed by atoms with E-state index in [0.717, 1.165) is 62.7 Å². The highest BCUT2D eigenvalue weighted by Crippen LogP contribution is 2.42. The molecule has 0 N–H and O–H groups in total. The first-order valence-corrected chi connectivity index (χ1v) is 14.6. The molecule has 200 valence electrons. The third-order valence-electron chi connectivity index (χ3n) is 8.64. The highest BCUT2D eigenvalue weighted by Gasteiger charge is 2.33. The van der Waals surface area contributed by atoms with E-state index >= 15 is 0 Å². The first-order valence-electron chi connectivity index (χ1n) is 14.6. The van der Waals surface area contributed by atoms with Crippen LogP contribution in [0.5, 0.6) is 5.75 Å². The molecule has 0 saturated heterocycles. The minimum absolute atomic E-state index is 0.0376. The molecule has 0 unspecified atom stereocenters. The van der Waals surface area contributed by atoms with Gasteiger partial charge >= 0.3 is 11.9 Å². The van der Waals surface area contributed by atoms with Gasteiger partial charge in [0.05, 0.1) is 12.5 Å². The second-order valence-corrected chi connectivity index (χ2v) is 11.2. The van der Waals surface area contributed by atoms with Crippen LogP contribution in [0.2, 0.25) is 0 Å². The molecule has 3 rings (SSSR count). The monoisotopic (exact) mass is 496 g/mol. The Kier molecular flexibility index (Phi) is 12.0. The maximum atomic E-state index is 12.9. The molecule has 2 aliphatic rings. The number of ether oxygens (including phenoxy) is 2. The summed E-state index contributed by atoms with van der Waals surface area (Å²) in [5, 5.41) is 0. The van der Waals surface area contributed by atoms with Gasteiger partial charge in [0.25, 0.3) is 0 Å². The highest BCUT2D eigenvalue weighted by atomic mass is 16.5. The Morgan fingerprint density at radius 1 is 0.944 bits per heavy atom. The van der Waals surface area contributed by atoms with Crippen LogP contribution in [-0.2, 0) is 20.7 Å². The first-order chi connectivity index (χ1) is 17.5. The molecule has 1 aromatic carbocycles. The van der Waals surface area contributed by atoms with E-state index in [-0.39, 0.29) is 17.9 Å². The Hall–Kier alpha value is -2.10. The second-order valence-electron chi connectivity index (χ2n) is 11.2. The summed E-state index contributed by atoms with van der Waals surface area (Å²) in [5.74, 6) is 3.03. The van der Waals surface area contributed by atoms with Gasteiger partial charge in [-0.05, 0) is 106 Å². The van der Waals surface area contributed by atoms with Crippen LogP contribution >= 0.6 is 0 Å². The molecular formula is C32H48O4. The summed E-state index contributed by atoms with van der Waals surface area (Å²) in [6, 6.07) is 6.08. The molecule has 2 fully saturated rings. The van der Waals surface area contributed by atoms with Crippen molar-refractivity contribution in [2.45, 2.75) is 110 Å². The highest BCUT2D eigenvalue weighted by molar-refractivity contribution is 5.81. The molecule has 0 aliphatic heterocycles. The van der Waals surface area contributed by atoms with Crippen LogP contribution in [0.15, 0.2) is 30.9 Å². The van der Waals surface area contributed by atoms with Crippen LogP contribution in [0.4, 0.5) is 0 Å². The predicted molar refractivity (Wildman–Crippen MR) is 146 cm³/mol. The molecule has 36 heavy (non-hydrogen) atoms. The number of unbranched alkanes of at least 4 members (excludes halogenated alkanes) is 3. The number of carbonyl (C=O) groups is 2. The lowest BCUT2D eigenvalue weighted by Gasteiger charge is -2.37. The minimum Gasteiger partial charge on any atom is -0.463 e. The fourth-order valence-corrected chi connectivity index (χ4v) is 6.40. The third kappa shape index (κ3) is 9.09. The lowest BCUT2D eigenvalue weighted by molar-refractivity contribution is -0.140. The van der Waals surface area contributed by atoms with Crippen molar-refractivity contribution in [1.82, 2.24) is 0 Å². The van der Waals surface area contributed by atoms with E-state index in [1.54, 1.807) is 0 Å². The van der Waals surface area contributed by atoms with Gasteiger partial charge in [-0.25, -0.2) is 4.79 Å². The molecule has 0 radical (unpaired) electrons. The number of aryl methyl sites for hydroxylation is 2. The van der Waals surface area contributed by atoms with Gasteiger partial charge in [-0.3, -0.25) is 4.79 Å². The molecule has 0 amide bonds. The van der Waals surface area contributed by atoms with Crippen molar-refractivity contribution in [3.63, 3.8) is 0 Å². The van der Waals surface area contributed by atoms with Crippen molar-refractivity contribution < 1.29 is 19.1 Å². The van der Waals surface area contributed by atoms with E-state index in [4.69, 9.17) is 9.47 Å². The SMILES string of the molecule is C=CC(=O)OCCCCCCc1ccc(OC(=O)C2CCC(C3CCC(CCC)CC3)CC2)cc1C. The van der Waals surface area contributed by atoms with Gasteiger partial charge in [0.2, 0.25) is 0 Å². The maximum absolute atomic E-state index is 12.9. The first kappa shape index (κ1) is 28.5. The van der Waals surface area contributed by atoms with Crippen LogP contribution in [0, 0.1) is 30.6 Å². The number of hydrogen-bond donors (Lipinski definition) is 0. The normalized spacial score (nSPS) is 24.2. The largest absolute Gasteiger partial charge is 0.463 e. The zero-order chi connectivity index (χ0) is 25.8. The van der Waals surface area contributed by atoms with Crippen molar-refractivity contribution in [3.05, 3.63) is 42.0 Å². The Morgan fingerprint density at radius 3 is 2.25 bits per heavy atom. The van der Waals surface area contributed by atoms with Crippen LogP contribution < -0.4 is 4.74 Å². The van der Waals surface area contributed by atoms with Gasteiger partial charge in [0, 0.05) is 6.08 Å². The summed E-state index contributed by atoms with van der Waals surface area (Å²) < 4.78 is 10.8. The van der Waals surface area contributed by atoms with Gasteiger partial charge < -0.3 is 9.47 Å². The van der Waals surface area contributed by atoms with Gasteiger partial charge in [-0.1, -0.05) is 58.1 Å². The quantitative estimate of drug-likeness (QED) is 0.120. The summed E-state index contributed by atoms with van der Waals surface area (Å²) in [6.07, 6.45) is 19.1. The van der Waals surface area contributed by atoms with Gasteiger partial charge in [-0.15, -0.1) is 0 Å². The number of hydrogen-bond acceptors (Lipinski definition) is 4. The number of esters is 2. The van der Waals surface area contributed by atoms with Crippen molar-refractivity contribution in [3.8, 4) is 5.75 Å². The van der Waals surface area contributed by atoms with E-state index < -0.39 is 0 Å². The number of carbonyl (C=O) groups excluding carboxylic acids is 2. The average molecular weight is 497 g/mol. The maximum Gasteiger partial charge on any atom is 0.330 e. The molecule has 0 spiro atoms. The summed E-state index contributed by atoms with van der Waals surface area (Å²) in [6.45, 7) is 8.27. The molecule has 4 nitrogen and oxygen atoms in total. The predicted octanol–water partition coefficient (Wildman–Crippen LogP) is 8.15. The van der Waals surface area contributed by atoms with Crippen molar-refractivity contribution in [2.75, 3.05) is 6.61 Å². The van der Waals surface area contributed by atoms with Gasteiger partial charge in [0.1, 0.15) is 5.75 Å². The van der Waals surface area contributed by atoms with Gasteiger partial charge in [0.15, 0.2) is 0 Å². The lowest BCUT2D eigenvalue weighted by atomic mass is 9.69. The third-order valence-corrected chi connectivity index (χ3v) is 8.64. The molecule has 2 aliphatic carbocycles. The Labute approximate surface area is 219 Å². The average Bonchev–Trinajstić information content (AvgIpc) is 2.89. The zero-order valence-electron chi connectivity index (χ0n) is 22.8. The second kappa shape index (κ2) is 15.2. The fourth-order valence-electron chi connectivity index (χ4n) is 6.40. The van der Waals surface area contributed by atoms with Crippen LogP contribution in [0.25, 0.3) is 0 Å². The van der Waals surface area contributed by atoms with E-state index in [0.29, 0.717) is 12.4 Å². The van der Waals surface area contributed by atoms with Crippen LogP contribution in [0.3, 0.4) is 0 Å². The molecule has 0 aromatic heterocycles. The lowest BCUT2D eigenvalue weighted by Crippen LogP contribution is -2.30. The molecule has 0 atom stereocenters. The Morgan fingerprint density at radius 2 is 1.61 bits per heavy atom. The van der Waals surface area contributed by atoms with E-state index in [9.17, 15) is 9.59 Å². The standard InChI is InChI=1S/C32H48O4/c1-4-10-25-12-14-27(15-13-25)28-16-18-29(19-17-28)32(34)36-30-21-20-26(24(3)23-30)11-8-6-7-9-22-35-31(33)5-2/h5,20-21,23,25,27-29H,2,4,6-19,22H2,1,3H3. The number of benzene rings is 1. The van der Waals surface area contributed by atoms with E-state index in [2.05, 4.69) is 26.5 Å². The Bertz CT molecular complexity index is 829. The van der Waals surface area contributed by atoms with Crippen LogP contribution in [0.1, 0.15) is 108 Å². The van der Waals surface area contributed by atoms with Gasteiger partial charge in [-0.2, -0.15) is 0 Å². The summed E-state index contributed by atoms with van der Waals surface area (Å²) in [7, 11) is 0. The van der Waals surface area contributed by atoms with E-state index in [1.165, 1.54) is 68.6 Å². The molecule has 4 heteroatoms. The topological polar surface area (TPSA) is 52.6 Å². The molecule has 1 aromatic rings. The van der Waals surface area contributed by atoms with Crippen LogP contribution in [-0.4, -0.2) is 18.5 Å². The fraction of sp³-hybridized carbons (Fsp3) is 0.688. The zero-order valence-corrected chi connectivity index (χ0v) is 22.8. The molecule has 0 heterocycles. The summed E-state index contributed by atoms with van der Waals surface area (Å²) in [5.41, 5.74) is 2.49. The summed E-state index contributed by atoms with van der Waals surface area (Å²) >= 11 is 0. The van der Waals surface area contributed by atoms with E-state index in [1.807, 2.05) is 12.1 Å². The van der Waals surface area contributed by atoms with Crippen molar-refractivity contribution in [2.24, 2.45) is 23.7 Å². The molecular weight excluding hydrogens is 448 g/mol. The number of rotatable bonds is 13. The Balaban J connectivity index is 1.34. The summed E-state index contributed by atoms with van der Waals surface area (Å²) in [4.78, 5) is 23.9. The smallest absolute Gasteiger partial charge is 0.330 e. The minimum atomic E-state index is -0.348.